The van der Waals surface area contributed by atoms with Crippen LogP contribution in [0, 0.1) is 6.92 Å². The van der Waals surface area contributed by atoms with Gasteiger partial charge in [-0.05, 0) is 43.7 Å². The second-order valence-corrected chi connectivity index (χ2v) is 5.90. The van der Waals surface area contributed by atoms with Gasteiger partial charge in [0.1, 0.15) is 5.75 Å². The Morgan fingerprint density at radius 1 is 1.33 bits per heavy atom. The molecule has 0 atom stereocenters. The maximum absolute atomic E-state index is 5.29. The molecule has 0 fully saturated rings. The highest BCUT2D eigenvalue weighted by Gasteiger charge is 2.09. The first-order valence-electron chi connectivity index (χ1n) is 7.20. The van der Waals surface area contributed by atoms with Crippen molar-refractivity contribution in [3.05, 3.63) is 45.7 Å². The highest BCUT2D eigenvalue weighted by molar-refractivity contribution is 9.10. The van der Waals surface area contributed by atoms with Crippen LogP contribution in [0.25, 0.3) is 0 Å². The summed E-state index contributed by atoms with van der Waals surface area (Å²) >= 11 is 3.59. The third-order valence-electron chi connectivity index (χ3n) is 3.52. The molecule has 0 aliphatic rings. The number of benzene rings is 1. The second kappa shape index (κ2) is 7.61. The molecule has 2 rings (SSSR count). The van der Waals surface area contributed by atoms with E-state index in [4.69, 9.17) is 4.74 Å². The van der Waals surface area contributed by atoms with Crippen LogP contribution < -0.4 is 10.1 Å². The fourth-order valence-electron chi connectivity index (χ4n) is 2.18. The van der Waals surface area contributed by atoms with E-state index in [1.807, 2.05) is 29.1 Å². The highest BCUT2D eigenvalue weighted by Crippen LogP contribution is 2.23. The van der Waals surface area contributed by atoms with Crippen LogP contribution in [-0.2, 0) is 13.1 Å². The van der Waals surface area contributed by atoms with Gasteiger partial charge in [0.15, 0.2) is 0 Å². The number of hydrogen-bond acceptors (Lipinski definition) is 3. The Hall–Kier alpha value is -1.33. The van der Waals surface area contributed by atoms with E-state index in [0.29, 0.717) is 0 Å². The zero-order chi connectivity index (χ0) is 15.2. The zero-order valence-electron chi connectivity index (χ0n) is 12.8. The van der Waals surface area contributed by atoms with Crippen molar-refractivity contribution in [1.82, 2.24) is 15.1 Å². The molecule has 0 amide bonds. The molecule has 0 saturated carbocycles. The molecule has 1 heterocycles. The summed E-state index contributed by atoms with van der Waals surface area (Å²) < 4.78 is 8.39. The third-order valence-corrected chi connectivity index (χ3v) is 4.29. The van der Waals surface area contributed by atoms with Crippen molar-refractivity contribution in [1.29, 1.82) is 0 Å². The van der Waals surface area contributed by atoms with Crippen molar-refractivity contribution < 1.29 is 4.74 Å². The number of aromatic nitrogens is 2. The average molecular weight is 352 g/mol. The first-order valence-corrected chi connectivity index (χ1v) is 7.99. The van der Waals surface area contributed by atoms with Gasteiger partial charge in [-0.15, -0.1) is 0 Å². The van der Waals surface area contributed by atoms with E-state index in [9.17, 15) is 0 Å². The molecule has 0 unspecified atom stereocenters. The monoisotopic (exact) mass is 351 g/mol. The molecule has 21 heavy (non-hydrogen) atoms. The zero-order valence-corrected chi connectivity index (χ0v) is 14.4. The van der Waals surface area contributed by atoms with Crippen LogP contribution in [0.5, 0.6) is 5.75 Å². The minimum Gasteiger partial charge on any atom is -0.497 e. The Labute approximate surface area is 134 Å². The molecule has 0 aliphatic carbocycles. The van der Waals surface area contributed by atoms with Gasteiger partial charge in [-0.3, -0.25) is 4.68 Å². The van der Waals surface area contributed by atoms with Gasteiger partial charge in [0.05, 0.1) is 19.9 Å². The maximum Gasteiger partial charge on any atom is 0.119 e. The lowest BCUT2D eigenvalue weighted by atomic mass is 10.2. The van der Waals surface area contributed by atoms with Crippen LogP contribution in [0.3, 0.4) is 0 Å². The van der Waals surface area contributed by atoms with E-state index >= 15 is 0 Å². The molecule has 2 aromatic rings. The molecule has 0 spiro atoms. The van der Waals surface area contributed by atoms with Gasteiger partial charge < -0.3 is 10.1 Å². The summed E-state index contributed by atoms with van der Waals surface area (Å²) in [5.41, 5.74) is 3.62. The summed E-state index contributed by atoms with van der Waals surface area (Å²) in [6.07, 6.45) is 3.09. The Bertz CT molecular complexity index is 595. The Morgan fingerprint density at radius 2 is 2.14 bits per heavy atom. The fraction of sp³-hybridized carbons (Fsp3) is 0.438. The molecular weight excluding hydrogens is 330 g/mol. The molecule has 0 aliphatic heterocycles. The summed E-state index contributed by atoms with van der Waals surface area (Å²) in [5, 5.41) is 7.92. The third kappa shape index (κ3) is 4.08. The Morgan fingerprint density at radius 3 is 2.86 bits per heavy atom. The molecule has 1 aromatic carbocycles. The van der Waals surface area contributed by atoms with E-state index in [-0.39, 0.29) is 0 Å². The molecule has 0 radical (unpaired) electrons. The van der Waals surface area contributed by atoms with Gasteiger partial charge in [-0.2, -0.15) is 5.10 Å². The summed E-state index contributed by atoms with van der Waals surface area (Å²) in [6, 6.07) is 6.00. The van der Waals surface area contributed by atoms with E-state index < -0.39 is 0 Å². The van der Waals surface area contributed by atoms with Gasteiger partial charge in [0, 0.05) is 22.3 Å². The molecule has 0 saturated heterocycles. The van der Waals surface area contributed by atoms with E-state index in [2.05, 4.69) is 40.2 Å². The lowest BCUT2D eigenvalue weighted by molar-refractivity contribution is 0.414. The van der Waals surface area contributed by atoms with Crippen LogP contribution in [0.15, 0.2) is 28.9 Å². The minimum absolute atomic E-state index is 0.734. The Balaban J connectivity index is 2.13. The van der Waals surface area contributed by atoms with E-state index in [1.54, 1.807) is 7.11 Å². The average Bonchev–Trinajstić information content (AvgIpc) is 2.83. The van der Waals surface area contributed by atoms with Gasteiger partial charge in [-0.25, -0.2) is 0 Å². The van der Waals surface area contributed by atoms with Crippen molar-refractivity contribution >= 4 is 15.9 Å². The quantitative estimate of drug-likeness (QED) is 0.775. The normalized spacial score (nSPS) is 10.9. The summed E-state index contributed by atoms with van der Waals surface area (Å²) in [5.74, 6) is 0.864. The minimum atomic E-state index is 0.734. The first kappa shape index (κ1) is 16.0. The topological polar surface area (TPSA) is 39.1 Å². The van der Waals surface area contributed by atoms with Crippen molar-refractivity contribution in [3.8, 4) is 5.75 Å². The number of rotatable bonds is 7. The lowest BCUT2D eigenvalue weighted by Gasteiger charge is -2.10. The van der Waals surface area contributed by atoms with Crippen molar-refractivity contribution in [2.24, 2.45) is 0 Å². The fourth-order valence-corrected chi connectivity index (χ4v) is 2.55. The van der Waals surface area contributed by atoms with Crippen LogP contribution >= 0.6 is 15.9 Å². The number of nitrogens with zero attached hydrogens (tertiary/aromatic N) is 2. The summed E-state index contributed by atoms with van der Waals surface area (Å²) in [7, 11) is 1.68. The highest BCUT2D eigenvalue weighted by atomic mass is 79.9. The van der Waals surface area contributed by atoms with E-state index in [1.165, 1.54) is 11.3 Å². The molecule has 4 nitrogen and oxygen atoms in total. The number of ether oxygens (including phenoxy) is 1. The van der Waals surface area contributed by atoms with Gasteiger partial charge in [0.25, 0.3) is 0 Å². The molecule has 0 bridgehead atoms. The number of nitrogens with one attached hydrogen (secondary N) is 1. The second-order valence-electron chi connectivity index (χ2n) is 5.05. The molecule has 1 N–H and O–H groups in total. The molecule has 5 heteroatoms. The largest absolute Gasteiger partial charge is 0.497 e. The molecular formula is C16H22BrN3O. The summed E-state index contributed by atoms with van der Waals surface area (Å²) in [4.78, 5) is 0. The standard InChI is InChI=1S/C16H22BrN3O/c1-4-7-18-9-14-10-19-20(12(14)2)11-13-8-15(21-3)5-6-16(13)17/h5-6,8,10,18H,4,7,9,11H2,1-3H3. The van der Waals surface area contributed by atoms with Crippen molar-refractivity contribution in [3.63, 3.8) is 0 Å². The van der Waals surface area contributed by atoms with Crippen molar-refractivity contribution in [2.45, 2.75) is 33.4 Å². The predicted octanol–water partition coefficient (Wildman–Crippen LogP) is 3.51. The van der Waals surface area contributed by atoms with Crippen LogP contribution in [0.1, 0.15) is 30.2 Å². The number of halogens is 1. The van der Waals surface area contributed by atoms with E-state index in [0.717, 1.165) is 41.8 Å². The number of methoxy groups -OCH3 is 1. The first-order chi connectivity index (χ1) is 10.2. The van der Waals surface area contributed by atoms with Crippen LogP contribution in [0.2, 0.25) is 0 Å². The molecule has 1 aromatic heterocycles. The number of hydrogen-bond donors (Lipinski definition) is 1. The summed E-state index contributed by atoms with van der Waals surface area (Å²) in [6.45, 7) is 6.93. The lowest BCUT2D eigenvalue weighted by Crippen LogP contribution is -2.14. The van der Waals surface area contributed by atoms with Crippen molar-refractivity contribution in [2.75, 3.05) is 13.7 Å². The van der Waals surface area contributed by atoms with Crippen LogP contribution in [-0.4, -0.2) is 23.4 Å². The van der Waals surface area contributed by atoms with Gasteiger partial charge in [0.2, 0.25) is 0 Å². The smallest absolute Gasteiger partial charge is 0.119 e. The van der Waals surface area contributed by atoms with Crippen LogP contribution in [0.4, 0.5) is 0 Å². The maximum atomic E-state index is 5.29. The Kier molecular flexibility index (Phi) is 5.82. The SMILES string of the molecule is CCCNCc1cnn(Cc2cc(OC)ccc2Br)c1C. The van der Waals surface area contributed by atoms with Gasteiger partial charge in [-0.1, -0.05) is 22.9 Å². The molecule has 114 valence electrons. The van der Waals surface area contributed by atoms with Gasteiger partial charge >= 0.3 is 0 Å². The predicted molar refractivity (Wildman–Crippen MR) is 88.8 cm³/mol.